The largest absolute Gasteiger partial charge is 0.508 e. The molecule has 0 aliphatic heterocycles. The summed E-state index contributed by atoms with van der Waals surface area (Å²) in [5.41, 5.74) is 6.03. The molecule has 0 aliphatic rings. The van der Waals surface area contributed by atoms with Gasteiger partial charge < -0.3 is 5.11 Å². The van der Waals surface area contributed by atoms with E-state index in [4.69, 9.17) is 0 Å². The van der Waals surface area contributed by atoms with Crippen molar-refractivity contribution in [3.8, 4) is 5.75 Å². The third-order valence-corrected chi connectivity index (χ3v) is 3.41. The lowest BCUT2D eigenvalue weighted by atomic mass is 10.2. The lowest BCUT2D eigenvalue weighted by molar-refractivity contribution is 0.0948. The number of phenolic OH excluding ortho intramolecular Hbond substituents is 1. The Labute approximate surface area is 133 Å². The monoisotopic (exact) mass is 308 g/mol. The maximum Gasteiger partial charge on any atom is 0.290 e. The first-order valence-corrected chi connectivity index (χ1v) is 7.12. The van der Waals surface area contributed by atoms with Gasteiger partial charge in [0.05, 0.1) is 11.9 Å². The van der Waals surface area contributed by atoms with Crippen molar-refractivity contribution in [3.05, 3.63) is 65.1 Å². The number of imidazole rings is 1. The Kier molecular flexibility index (Phi) is 3.80. The second-order valence-electron chi connectivity index (χ2n) is 5.27. The van der Waals surface area contributed by atoms with E-state index < -0.39 is 0 Å². The Morgan fingerprint density at radius 1 is 1.30 bits per heavy atom. The van der Waals surface area contributed by atoms with Gasteiger partial charge in [0.25, 0.3) is 5.91 Å². The molecule has 0 spiro atoms. The summed E-state index contributed by atoms with van der Waals surface area (Å²) in [7, 11) is 0. The van der Waals surface area contributed by atoms with Gasteiger partial charge in [0.15, 0.2) is 0 Å². The van der Waals surface area contributed by atoms with Crippen molar-refractivity contribution in [2.45, 2.75) is 13.8 Å². The number of hydrazone groups is 1. The Balaban J connectivity index is 1.84. The fraction of sp³-hybridized carbons (Fsp3) is 0.118. The topological polar surface area (TPSA) is 79.0 Å². The zero-order chi connectivity index (χ0) is 16.4. The molecular formula is C17H16N4O2. The molecule has 1 amide bonds. The van der Waals surface area contributed by atoms with Gasteiger partial charge in [-0.3, -0.25) is 9.20 Å². The van der Waals surface area contributed by atoms with Crippen LogP contribution in [0.25, 0.3) is 5.65 Å². The van der Waals surface area contributed by atoms with Crippen LogP contribution in [-0.4, -0.2) is 26.6 Å². The second-order valence-corrected chi connectivity index (χ2v) is 5.27. The van der Waals surface area contributed by atoms with Crippen LogP contribution in [0.15, 0.2) is 47.7 Å². The quantitative estimate of drug-likeness (QED) is 0.576. The van der Waals surface area contributed by atoms with E-state index in [2.05, 4.69) is 15.5 Å². The average molecular weight is 308 g/mol. The van der Waals surface area contributed by atoms with Crippen molar-refractivity contribution >= 4 is 17.8 Å². The summed E-state index contributed by atoms with van der Waals surface area (Å²) in [6.45, 7) is 3.74. The number of benzene rings is 1. The first kappa shape index (κ1) is 14.8. The Morgan fingerprint density at radius 3 is 2.91 bits per heavy atom. The number of pyridine rings is 1. The van der Waals surface area contributed by atoms with E-state index in [-0.39, 0.29) is 11.7 Å². The normalized spacial score (nSPS) is 11.2. The predicted octanol–water partition coefficient (Wildman–Crippen LogP) is 2.42. The van der Waals surface area contributed by atoms with Crippen LogP contribution < -0.4 is 5.43 Å². The molecule has 0 radical (unpaired) electrons. The Bertz CT molecular complexity index is 912. The Morgan fingerprint density at radius 2 is 2.13 bits per heavy atom. The number of nitrogens with one attached hydrogen (secondary N) is 1. The fourth-order valence-electron chi connectivity index (χ4n) is 2.37. The van der Waals surface area contributed by atoms with Crippen LogP contribution >= 0.6 is 0 Å². The van der Waals surface area contributed by atoms with E-state index in [1.54, 1.807) is 35.6 Å². The smallest absolute Gasteiger partial charge is 0.290 e. The number of carbonyl (C=O) groups excluding carboxylic acids is 1. The molecule has 0 saturated heterocycles. The minimum Gasteiger partial charge on any atom is -0.508 e. The van der Waals surface area contributed by atoms with Crippen molar-refractivity contribution in [1.82, 2.24) is 14.8 Å². The number of hydrogen-bond acceptors (Lipinski definition) is 4. The van der Waals surface area contributed by atoms with Gasteiger partial charge in [-0.1, -0.05) is 18.2 Å². The molecule has 23 heavy (non-hydrogen) atoms. The summed E-state index contributed by atoms with van der Waals surface area (Å²) in [5.74, 6) is -0.189. The van der Waals surface area contributed by atoms with E-state index in [1.807, 2.05) is 25.3 Å². The maximum atomic E-state index is 12.4. The van der Waals surface area contributed by atoms with Crippen LogP contribution in [0.1, 0.15) is 27.3 Å². The van der Waals surface area contributed by atoms with Crippen molar-refractivity contribution in [2.24, 2.45) is 5.10 Å². The number of aromatic hydroxyl groups is 1. The van der Waals surface area contributed by atoms with Crippen LogP contribution in [0.5, 0.6) is 5.75 Å². The average Bonchev–Trinajstić information content (AvgIpc) is 2.82. The van der Waals surface area contributed by atoms with E-state index in [9.17, 15) is 9.90 Å². The van der Waals surface area contributed by atoms with E-state index in [1.165, 1.54) is 6.21 Å². The second kappa shape index (κ2) is 5.92. The lowest BCUT2D eigenvalue weighted by Crippen LogP contribution is -2.20. The lowest BCUT2D eigenvalue weighted by Gasteiger charge is -2.02. The summed E-state index contributed by atoms with van der Waals surface area (Å²) < 4.78 is 1.75. The molecule has 0 bridgehead atoms. The molecule has 1 aromatic carbocycles. The molecular weight excluding hydrogens is 292 g/mol. The van der Waals surface area contributed by atoms with Crippen LogP contribution in [0.3, 0.4) is 0 Å². The van der Waals surface area contributed by atoms with Gasteiger partial charge in [0, 0.05) is 6.20 Å². The highest BCUT2D eigenvalue weighted by Crippen LogP contribution is 2.13. The van der Waals surface area contributed by atoms with Gasteiger partial charge in [-0.25, -0.2) is 10.4 Å². The minimum absolute atomic E-state index is 0.147. The zero-order valence-electron chi connectivity index (χ0n) is 12.8. The highest BCUT2D eigenvalue weighted by molar-refractivity contribution is 5.95. The van der Waals surface area contributed by atoms with Crippen LogP contribution in [0.4, 0.5) is 0 Å². The number of amides is 1. The minimum atomic E-state index is -0.336. The number of hydrogen-bond donors (Lipinski definition) is 2. The molecule has 2 aromatic heterocycles. The standard InChI is InChI=1S/C17H16N4O2/c1-11-6-7-15-19-12(2)16(21(15)10-11)17(23)20-18-9-13-4-3-5-14(22)8-13/h3-10,22H,1-2H3,(H,20,23)/b18-9-. The maximum absolute atomic E-state index is 12.4. The summed E-state index contributed by atoms with van der Waals surface area (Å²) >= 11 is 0. The number of fused-ring (bicyclic) bond motifs is 1. The molecule has 0 saturated carbocycles. The number of phenols is 1. The molecule has 2 N–H and O–H groups in total. The summed E-state index contributed by atoms with van der Waals surface area (Å²) in [6, 6.07) is 10.4. The van der Waals surface area contributed by atoms with Crippen molar-refractivity contribution in [2.75, 3.05) is 0 Å². The summed E-state index contributed by atoms with van der Waals surface area (Å²) in [6.07, 6.45) is 3.34. The SMILES string of the molecule is Cc1ccc2nc(C)c(C(=O)N/N=C\c3cccc(O)c3)n2c1. The van der Waals surface area contributed by atoms with Gasteiger partial charge >= 0.3 is 0 Å². The third kappa shape index (κ3) is 3.06. The molecule has 116 valence electrons. The van der Waals surface area contributed by atoms with Crippen LogP contribution in [0.2, 0.25) is 0 Å². The molecule has 3 rings (SSSR count). The number of rotatable bonds is 3. The number of aryl methyl sites for hydroxylation is 2. The highest BCUT2D eigenvalue weighted by atomic mass is 16.3. The zero-order valence-corrected chi connectivity index (χ0v) is 12.8. The van der Waals surface area contributed by atoms with Gasteiger partial charge in [0.1, 0.15) is 17.1 Å². The van der Waals surface area contributed by atoms with E-state index >= 15 is 0 Å². The molecule has 6 heteroatoms. The molecule has 6 nitrogen and oxygen atoms in total. The first-order chi connectivity index (χ1) is 11.0. The molecule has 0 aliphatic carbocycles. The molecule has 0 atom stereocenters. The number of carbonyl (C=O) groups is 1. The molecule has 2 heterocycles. The van der Waals surface area contributed by atoms with E-state index in [0.29, 0.717) is 17.0 Å². The number of aromatic nitrogens is 2. The van der Waals surface area contributed by atoms with Gasteiger partial charge in [-0.05, 0) is 43.2 Å². The fourth-order valence-corrected chi connectivity index (χ4v) is 2.37. The van der Waals surface area contributed by atoms with Crippen LogP contribution in [0, 0.1) is 13.8 Å². The van der Waals surface area contributed by atoms with E-state index in [0.717, 1.165) is 11.2 Å². The summed E-state index contributed by atoms with van der Waals surface area (Å²) in [4.78, 5) is 16.7. The van der Waals surface area contributed by atoms with Gasteiger partial charge in [0.2, 0.25) is 0 Å². The van der Waals surface area contributed by atoms with Crippen molar-refractivity contribution < 1.29 is 9.90 Å². The van der Waals surface area contributed by atoms with Crippen LogP contribution in [-0.2, 0) is 0 Å². The molecule has 3 aromatic rings. The van der Waals surface area contributed by atoms with Gasteiger partial charge in [-0.2, -0.15) is 5.10 Å². The first-order valence-electron chi connectivity index (χ1n) is 7.12. The summed E-state index contributed by atoms with van der Waals surface area (Å²) in [5, 5.41) is 13.3. The third-order valence-electron chi connectivity index (χ3n) is 3.41. The number of nitrogens with zero attached hydrogens (tertiary/aromatic N) is 3. The molecule has 0 fully saturated rings. The highest BCUT2D eigenvalue weighted by Gasteiger charge is 2.15. The molecule has 0 unspecified atom stereocenters. The Hall–Kier alpha value is -3.15. The predicted molar refractivity (Wildman–Crippen MR) is 87.8 cm³/mol. The van der Waals surface area contributed by atoms with Gasteiger partial charge in [-0.15, -0.1) is 0 Å². The van der Waals surface area contributed by atoms with Crippen molar-refractivity contribution in [3.63, 3.8) is 0 Å². The van der Waals surface area contributed by atoms with Crippen molar-refractivity contribution in [1.29, 1.82) is 0 Å².